The number of methoxy groups -OCH3 is 2. The van der Waals surface area contributed by atoms with Gasteiger partial charge in [0.2, 0.25) is 0 Å². The lowest BCUT2D eigenvalue weighted by Gasteiger charge is -2.36. The highest BCUT2D eigenvalue weighted by Crippen LogP contribution is 2.48. The van der Waals surface area contributed by atoms with Gasteiger partial charge in [0, 0.05) is 22.9 Å². The van der Waals surface area contributed by atoms with E-state index in [9.17, 15) is 5.11 Å². The molecule has 5 aromatic rings. The number of rotatable bonds is 14. The van der Waals surface area contributed by atoms with Crippen LogP contribution in [0.15, 0.2) is 137 Å². The first kappa shape index (κ1) is 31.7. The number of benzene rings is 5. The summed E-state index contributed by atoms with van der Waals surface area (Å²) in [6, 6.07) is 43.1. The van der Waals surface area contributed by atoms with E-state index in [2.05, 4.69) is 70.9 Å². The molecule has 5 aromatic carbocycles. The van der Waals surface area contributed by atoms with Crippen LogP contribution >= 0.6 is 11.8 Å². The van der Waals surface area contributed by atoms with Crippen molar-refractivity contribution in [3.05, 3.63) is 144 Å². The van der Waals surface area contributed by atoms with Gasteiger partial charge in [-0.1, -0.05) is 90.6 Å². The number of hydrogen-bond acceptors (Lipinski definition) is 7. The van der Waals surface area contributed by atoms with Crippen molar-refractivity contribution in [2.45, 2.75) is 27.9 Å². The van der Waals surface area contributed by atoms with Crippen molar-refractivity contribution in [1.29, 1.82) is 0 Å². The monoisotopic (exact) mass is 632 g/mol. The predicted octanol–water partition coefficient (Wildman–Crippen LogP) is 7.66. The summed E-state index contributed by atoms with van der Waals surface area (Å²) in [6.45, 7) is 2.19. The van der Waals surface area contributed by atoms with E-state index in [0.29, 0.717) is 6.54 Å². The SMILES string of the molecule is COc1ccc(C(OC[C@@H](O)CNCCCN2c3ccccc3Sc3ccccc32)(c2ccccc2)c2ccc(OC)cc2)cc1. The Morgan fingerprint density at radius 2 is 1.17 bits per heavy atom. The third kappa shape index (κ3) is 6.78. The quantitative estimate of drug-likeness (QED) is 0.0963. The minimum absolute atomic E-state index is 0.129. The molecule has 7 heteroatoms. The predicted molar refractivity (Wildman–Crippen MR) is 186 cm³/mol. The molecule has 1 heterocycles. The van der Waals surface area contributed by atoms with Crippen molar-refractivity contribution in [2.75, 3.05) is 45.4 Å². The normalized spacial score (nSPS) is 13.1. The van der Waals surface area contributed by atoms with Crippen LogP contribution in [0, 0.1) is 0 Å². The zero-order valence-electron chi connectivity index (χ0n) is 26.3. The Kier molecular flexibility index (Phi) is 10.3. The Bertz CT molecular complexity index is 1600. The van der Waals surface area contributed by atoms with Gasteiger partial charge < -0.3 is 29.5 Å². The minimum atomic E-state index is -0.964. The topological polar surface area (TPSA) is 63.2 Å². The van der Waals surface area contributed by atoms with Crippen molar-refractivity contribution in [1.82, 2.24) is 5.32 Å². The summed E-state index contributed by atoms with van der Waals surface area (Å²) in [7, 11) is 3.32. The smallest absolute Gasteiger partial charge is 0.143 e. The molecular weight excluding hydrogens is 593 g/mol. The molecule has 0 bridgehead atoms. The van der Waals surface area contributed by atoms with Crippen LogP contribution < -0.4 is 19.7 Å². The molecule has 1 aliphatic heterocycles. The van der Waals surface area contributed by atoms with Gasteiger partial charge in [-0.3, -0.25) is 0 Å². The van der Waals surface area contributed by atoms with Crippen LogP contribution in [-0.4, -0.2) is 51.7 Å². The first-order valence-electron chi connectivity index (χ1n) is 15.6. The summed E-state index contributed by atoms with van der Waals surface area (Å²) in [4.78, 5) is 4.95. The van der Waals surface area contributed by atoms with E-state index in [-0.39, 0.29) is 6.61 Å². The fraction of sp³-hybridized carbons (Fsp3) is 0.231. The highest BCUT2D eigenvalue weighted by Gasteiger charge is 2.38. The summed E-state index contributed by atoms with van der Waals surface area (Å²) in [6.07, 6.45) is 0.208. The number of ether oxygens (including phenoxy) is 3. The number of hydrogen-bond donors (Lipinski definition) is 2. The largest absolute Gasteiger partial charge is 0.497 e. The molecule has 0 amide bonds. The van der Waals surface area contributed by atoms with E-state index in [4.69, 9.17) is 14.2 Å². The molecule has 0 fully saturated rings. The molecule has 0 unspecified atom stereocenters. The Morgan fingerprint density at radius 3 is 1.72 bits per heavy atom. The van der Waals surface area contributed by atoms with E-state index in [1.165, 1.54) is 21.2 Å². The molecule has 46 heavy (non-hydrogen) atoms. The molecule has 2 N–H and O–H groups in total. The van der Waals surface area contributed by atoms with E-state index in [0.717, 1.165) is 47.7 Å². The van der Waals surface area contributed by atoms with Crippen LogP contribution in [0.5, 0.6) is 11.5 Å². The fourth-order valence-corrected chi connectivity index (χ4v) is 7.10. The summed E-state index contributed by atoms with van der Waals surface area (Å²) < 4.78 is 17.7. The van der Waals surface area contributed by atoms with Gasteiger partial charge in [-0.05, 0) is 78.2 Å². The van der Waals surface area contributed by atoms with Gasteiger partial charge in [0.15, 0.2) is 0 Å². The molecule has 6 rings (SSSR count). The third-order valence-corrected chi connectivity index (χ3v) is 9.44. The van der Waals surface area contributed by atoms with Crippen molar-refractivity contribution in [2.24, 2.45) is 0 Å². The number of para-hydroxylation sites is 2. The zero-order chi connectivity index (χ0) is 31.8. The zero-order valence-corrected chi connectivity index (χ0v) is 27.1. The maximum Gasteiger partial charge on any atom is 0.143 e. The number of anilines is 2. The maximum absolute atomic E-state index is 11.2. The molecule has 0 saturated carbocycles. The molecule has 0 aliphatic carbocycles. The number of fused-ring (bicyclic) bond motifs is 2. The second-order valence-corrected chi connectivity index (χ2v) is 12.3. The number of nitrogens with one attached hydrogen (secondary N) is 1. The Morgan fingerprint density at radius 1 is 0.674 bits per heavy atom. The lowest BCUT2D eigenvalue weighted by Crippen LogP contribution is -2.39. The summed E-state index contributed by atoms with van der Waals surface area (Å²) in [5, 5.41) is 14.6. The van der Waals surface area contributed by atoms with Crippen molar-refractivity contribution >= 4 is 23.1 Å². The first-order chi connectivity index (χ1) is 22.6. The number of nitrogens with zero attached hydrogens (tertiary/aromatic N) is 1. The summed E-state index contributed by atoms with van der Waals surface area (Å²) in [5.41, 5.74) is 4.36. The summed E-state index contributed by atoms with van der Waals surface area (Å²) >= 11 is 1.82. The molecule has 6 nitrogen and oxygen atoms in total. The molecule has 0 saturated heterocycles. The van der Waals surface area contributed by atoms with Crippen LogP contribution in [-0.2, 0) is 10.3 Å². The molecule has 1 atom stereocenters. The second-order valence-electron chi connectivity index (χ2n) is 11.2. The van der Waals surface area contributed by atoms with Crippen molar-refractivity contribution in [3.8, 4) is 11.5 Å². The Labute approximate surface area is 276 Å². The van der Waals surface area contributed by atoms with Crippen molar-refractivity contribution in [3.63, 3.8) is 0 Å². The highest BCUT2D eigenvalue weighted by molar-refractivity contribution is 7.99. The first-order valence-corrected chi connectivity index (χ1v) is 16.4. The minimum Gasteiger partial charge on any atom is -0.497 e. The molecular formula is C39H40N2O4S. The van der Waals surface area contributed by atoms with Gasteiger partial charge in [0.25, 0.3) is 0 Å². The van der Waals surface area contributed by atoms with E-state index < -0.39 is 11.7 Å². The highest BCUT2D eigenvalue weighted by atomic mass is 32.2. The second kappa shape index (κ2) is 14.9. The standard InChI is InChI=1S/C39H40N2O4S/c1-43-33-21-17-30(18-22-33)39(29-11-4-3-5-12-29,31-19-23-34(44-2)24-20-31)45-28-32(42)27-40-25-10-26-41-35-13-6-8-15-37(35)46-38-16-9-7-14-36(38)41/h3-9,11-24,32,40,42H,10,25-28H2,1-2H3/t32-/m0/s1. The van der Waals surface area contributed by atoms with Crippen LogP contribution in [0.1, 0.15) is 23.1 Å². The number of aliphatic hydroxyl groups is 1. The van der Waals surface area contributed by atoms with E-state index in [1.807, 2.05) is 78.5 Å². The Hall–Kier alpha value is -4.27. The van der Waals surface area contributed by atoms with E-state index in [1.54, 1.807) is 14.2 Å². The van der Waals surface area contributed by atoms with Gasteiger partial charge in [0.1, 0.15) is 17.1 Å². The van der Waals surface area contributed by atoms with Crippen LogP contribution in [0.2, 0.25) is 0 Å². The maximum atomic E-state index is 11.2. The van der Waals surface area contributed by atoms with Crippen LogP contribution in [0.3, 0.4) is 0 Å². The lowest BCUT2D eigenvalue weighted by atomic mass is 9.80. The lowest BCUT2D eigenvalue weighted by molar-refractivity contribution is -0.0371. The molecule has 1 aliphatic rings. The van der Waals surface area contributed by atoms with Gasteiger partial charge in [-0.2, -0.15) is 0 Å². The van der Waals surface area contributed by atoms with Gasteiger partial charge in [-0.25, -0.2) is 0 Å². The van der Waals surface area contributed by atoms with Crippen LogP contribution in [0.25, 0.3) is 0 Å². The molecule has 0 aromatic heterocycles. The molecule has 236 valence electrons. The van der Waals surface area contributed by atoms with Gasteiger partial charge in [-0.15, -0.1) is 0 Å². The molecule has 0 spiro atoms. The average molecular weight is 633 g/mol. The fourth-order valence-electron chi connectivity index (χ4n) is 6.01. The van der Waals surface area contributed by atoms with E-state index >= 15 is 0 Å². The molecule has 0 radical (unpaired) electrons. The Balaban J connectivity index is 1.14. The van der Waals surface area contributed by atoms with Gasteiger partial charge in [0.05, 0.1) is 38.3 Å². The van der Waals surface area contributed by atoms with Crippen LogP contribution in [0.4, 0.5) is 11.4 Å². The number of aliphatic hydroxyl groups excluding tert-OH is 1. The summed E-state index contributed by atoms with van der Waals surface area (Å²) in [5.74, 6) is 1.53. The van der Waals surface area contributed by atoms with Gasteiger partial charge >= 0.3 is 0 Å². The third-order valence-electron chi connectivity index (χ3n) is 8.31. The average Bonchev–Trinajstić information content (AvgIpc) is 3.12. The van der Waals surface area contributed by atoms with Crippen molar-refractivity contribution < 1.29 is 19.3 Å².